The Morgan fingerprint density at radius 1 is 1.04 bits per heavy atom. The lowest BCUT2D eigenvalue weighted by Gasteiger charge is -2.33. The highest BCUT2D eigenvalue weighted by atomic mass is 19.4. The van der Waals surface area contributed by atoms with E-state index in [-0.39, 0.29) is 0 Å². The molecule has 1 atom stereocenters. The molecule has 0 saturated carbocycles. The van der Waals surface area contributed by atoms with Gasteiger partial charge in [0.15, 0.2) is 6.17 Å². The third-order valence-electron chi connectivity index (χ3n) is 2.66. The van der Waals surface area contributed by atoms with Crippen molar-refractivity contribution in [3.8, 4) is 0 Å². The van der Waals surface area contributed by atoms with Gasteiger partial charge >= 0.3 is 30.1 Å². The number of hydrogen-bond donors (Lipinski definition) is 0. The number of ether oxygens (including phenoxy) is 1. The van der Waals surface area contributed by atoms with Gasteiger partial charge in [-0.15, -0.1) is 0 Å². The molecule has 0 amide bonds. The fourth-order valence-electron chi connectivity index (χ4n) is 1.32. The molecule has 0 aliphatic heterocycles. The minimum Gasteiger partial charge on any atom is -0.393 e. The molecule has 2 nitrogen and oxygen atoms in total. The largest absolute Gasteiger partial charge is 0.473 e. The maximum absolute atomic E-state index is 13.3. The maximum Gasteiger partial charge on any atom is 0.473 e. The van der Waals surface area contributed by atoms with Crippen LogP contribution >= 0.6 is 0 Å². The number of hydrogen-bond acceptors (Lipinski definition) is 2. The van der Waals surface area contributed by atoms with E-state index < -0.39 is 61.1 Å². The topological polar surface area (TPSA) is 26.3 Å². The second-order valence-electron chi connectivity index (χ2n) is 4.86. The fraction of sp³-hybridized carbons (Fsp3) is 0.750. The highest BCUT2D eigenvalue weighted by Gasteiger charge is 2.77. The van der Waals surface area contributed by atoms with E-state index in [1.54, 1.807) is 0 Å². The Bertz CT molecular complexity index is 469. The van der Waals surface area contributed by atoms with Gasteiger partial charge in [-0.25, -0.2) is 9.18 Å². The summed E-state index contributed by atoms with van der Waals surface area (Å²) in [4.78, 5) is 10.8. The van der Waals surface area contributed by atoms with Crippen molar-refractivity contribution < 1.29 is 53.4 Å². The molecule has 0 radical (unpaired) electrons. The van der Waals surface area contributed by atoms with Gasteiger partial charge in [0.1, 0.15) is 0 Å². The molecule has 0 rings (SSSR count). The van der Waals surface area contributed by atoms with Gasteiger partial charge in [0, 0.05) is 12.0 Å². The summed E-state index contributed by atoms with van der Waals surface area (Å²) in [6, 6.07) is 0. The molecular weight excluding hydrogens is 366 g/mol. The molecule has 0 aromatic carbocycles. The Morgan fingerprint density at radius 3 is 1.88 bits per heavy atom. The van der Waals surface area contributed by atoms with Crippen LogP contribution in [0.4, 0.5) is 43.9 Å². The highest BCUT2D eigenvalue weighted by Crippen LogP contribution is 2.49. The summed E-state index contributed by atoms with van der Waals surface area (Å²) in [5.41, 5.74) is -0.823. The van der Waals surface area contributed by atoms with Crippen LogP contribution in [0.5, 0.6) is 0 Å². The van der Waals surface area contributed by atoms with Gasteiger partial charge in [0.05, 0.1) is 0 Å². The van der Waals surface area contributed by atoms with Crippen molar-refractivity contribution in [2.24, 2.45) is 0 Å². The fourth-order valence-corrected chi connectivity index (χ4v) is 1.32. The van der Waals surface area contributed by atoms with Crippen molar-refractivity contribution in [3.05, 3.63) is 12.2 Å². The van der Waals surface area contributed by atoms with Gasteiger partial charge in [-0.1, -0.05) is 6.58 Å². The first kappa shape index (κ1) is 22.5. The zero-order chi connectivity index (χ0) is 19.6. The molecular formula is C12H12F10O2. The van der Waals surface area contributed by atoms with Crippen molar-refractivity contribution in [1.82, 2.24) is 0 Å². The van der Waals surface area contributed by atoms with E-state index in [2.05, 4.69) is 11.3 Å². The molecule has 0 aliphatic carbocycles. The molecule has 0 heterocycles. The van der Waals surface area contributed by atoms with Gasteiger partial charge in [-0.2, -0.15) is 39.5 Å². The van der Waals surface area contributed by atoms with E-state index in [9.17, 15) is 48.7 Å². The molecule has 0 N–H and O–H groups in total. The first-order valence-electron chi connectivity index (χ1n) is 6.19. The van der Waals surface area contributed by atoms with Crippen molar-refractivity contribution in [3.63, 3.8) is 0 Å². The number of rotatable bonds is 8. The normalized spacial score (nSPS) is 15.1. The summed E-state index contributed by atoms with van der Waals surface area (Å²) in [5, 5.41) is 0. The quantitative estimate of drug-likeness (QED) is 0.336. The lowest BCUT2D eigenvalue weighted by atomic mass is 10.0. The maximum atomic E-state index is 13.3. The van der Waals surface area contributed by atoms with E-state index >= 15 is 0 Å². The third kappa shape index (κ3) is 5.26. The van der Waals surface area contributed by atoms with Crippen LogP contribution in [-0.4, -0.2) is 36.3 Å². The standard InChI is InChI=1S/C12H12F10O2/c1-6(2)8(23)24-12(21,22)11(19,20)10(17,18)7(13)4-3-5-9(14,15)16/h7H,1,3-5H2,2H3. The van der Waals surface area contributed by atoms with E-state index in [1.165, 1.54) is 0 Å². The first-order chi connectivity index (χ1) is 10.5. The van der Waals surface area contributed by atoms with Crippen LogP contribution in [0.2, 0.25) is 0 Å². The van der Waals surface area contributed by atoms with Crippen LogP contribution in [0.1, 0.15) is 26.2 Å². The highest BCUT2D eigenvalue weighted by molar-refractivity contribution is 5.87. The lowest BCUT2D eigenvalue weighted by molar-refractivity contribution is -0.392. The Labute approximate surface area is 129 Å². The number of esters is 1. The lowest BCUT2D eigenvalue weighted by Crippen LogP contribution is -2.59. The summed E-state index contributed by atoms with van der Waals surface area (Å²) >= 11 is 0. The van der Waals surface area contributed by atoms with Gasteiger partial charge in [0.25, 0.3) is 0 Å². The number of halogens is 10. The van der Waals surface area contributed by atoms with Gasteiger partial charge in [-0.3, -0.25) is 0 Å². The van der Waals surface area contributed by atoms with E-state index in [0.29, 0.717) is 0 Å². The van der Waals surface area contributed by atoms with Crippen molar-refractivity contribution >= 4 is 5.97 Å². The SMILES string of the molecule is C=C(C)C(=O)OC(F)(F)C(F)(F)C(F)(F)C(F)CCCC(F)(F)F. The smallest absolute Gasteiger partial charge is 0.393 e. The van der Waals surface area contributed by atoms with E-state index in [1.807, 2.05) is 0 Å². The molecule has 0 aromatic heterocycles. The van der Waals surface area contributed by atoms with Crippen molar-refractivity contribution in [2.75, 3.05) is 0 Å². The Balaban J connectivity index is 5.19. The summed E-state index contributed by atoms with van der Waals surface area (Å²) < 4.78 is 131. The van der Waals surface area contributed by atoms with Crippen LogP contribution in [-0.2, 0) is 9.53 Å². The number of carbonyl (C=O) groups excluding carboxylic acids is 1. The molecule has 0 bridgehead atoms. The van der Waals surface area contributed by atoms with Crippen LogP contribution in [0, 0.1) is 0 Å². The van der Waals surface area contributed by atoms with Crippen LogP contribution in [0.25, 0.3) is 0 Å². The predicted molar refractivity (Wildman–Crippen MR) is 60.5 cm³/mol. The number of carbonyl (C=O) groups is 1. The molecule has 0 fully saturated rings. The van der Waals surface area contributed by atoms with Gasteiger partial charge in [0.2, 0.25) is 0 Å². The molecule has 0 aliphatic rings. The van der Waals surface area contributed by atoms with E-state index in [0.717, 1.165) is 6.92 Å². The molecule has 0 aromatic rings. The second kappa shape index (κ2) is 7.18. The molecule has 142 valence electrons. The Kier molecular flexibility index (Phi) is 6.73. The van der Waals surface area contributed by atoms with Gasteiger partial charge in [-0.05, 0) is 19.8 Å². The molecule has 12 heteroatoms. The summed E-state index contributed by atoms with van der Waals surface area (Å²) in [6.45, 7) is 3.51. The summed E-state index contributed by atoms with van der Waals surface area (Å²) in [7, 11) is 0. The molecule has 24 heavy (non-hydrogen) atoms. The minimum atomic E-state index is -6.50. The third-order valence-corrected chi connectivity index (χ3v) is 2.66. The second-order valence-corrected chi connectivity index (χ2v) is 4.86. The molecule has 0 saturated heterocycles. The molecule has 1 unspecified atom stereocenters. The zero-order valence-electron chi connectivity index (χ0n) is 12.0. The monoisotopic (exact) mass is 378 g/mol. The zero-order valence-corrected chi connectivity index (χ0v) is 12.0. The van der Waals surface area contributed by atoms with Crippen molar-refractivity contribution in [1.29, 1.82) is 0 Å². The predicted octanol–water partition coefficient (Wildman–Crippen LogP) is 5.04. The molecule has 0 spiro atoms. The number of alkyl halides is 10. The first-order valence-corrected chi connectivity index (χ1v) is 6.19. The van der Waals surface area contributed by atoms with Crippen LogP contribution < -0.4 is 0 Å². The minimum absolute atomic E-state index is 0.754. The van der Waals surface area contributed by atoms with Crippen molar-refractivity contribution in [2.45, 2.75) is 56.5 Å². The average molecular weight is 378 g/mol. The summed E-state index contributed by atoms with van der Waals surface area (Å²) in [5.74, 6) is -14.7. The van der Waals surface area contributed by atoms with Crippen LogP contribution in [0.15, 0.2) is 12.2 Å². The van der Waals surface area contributed by atoms with Crippen LogP contribution in [0.3, 0.4) is 0 Å². The summed E-state index contributed by atoms with van der Waals surface area (Å²) in [6.07, 6.45) is -19.8. The van der Waals surface area contributed by atoms with E-state index in [4.69, 9.17) is 0 Å². The van der Waals surface area contributed by atoms with Gasteiger partial charge < -0.3 is 4.74 Å². The Hall–Kier alpha value is -1.49. The average Bonchev–Trinajstić information content (AvgIpc) is 2.35. The Morgan fingerprint density at radius 2 is 1.50 bits per heavy atom.